The van der Waals surface area contributed by atoms with E-state index in [1.165, 1.54) is 23.1 Å². The highest BCUT2D eigenvalue weighted by molar-refractivity contribution is 9.10. The Bertz CT molecular complexity index is 602. The fraction of sp³-hybridized carbons (Fsp3) is 0.308. The lowest BCUT2D eigenvalue weighted by molar-refractivity contribution is -0.113. The molecule has 0 spiro atoms. The Balaban J connectivity index is 1.81. The van der Waals surface area contributed by atoms with Gasteiger partial charge in [0, 0.05) is 10.2 Å². The van der Waals surface area contributed by atoms with Crippen molar-refractivity contribution in [2.45, 2.75) is 24.3 Å². The Kier molecular flexibility index (Phi) is 6.01. The summed E-state index contributed by atoms with van der Waals surface area (Å²) in [5.74, 6) is 0.204. The van der Waals surface area contributed by atoms with Gasteiger partial charge in [-0.05, 0) is 49.4 Å². The van der Waals surface area contributed by atoms with Crippen LogP contribution in [0.4, 0.5) is 5.69 Å². The van der Waals surface area contributed by atoms with Crippen LogP contribution in [0.5, 0.6) is 5.19 Å². The number of ether oxygens (including phenoxy) is 1. The first kappa shape index (κ1) is 16.3. The van der Waals surface area contributed by atoms with Gasteiger partial charge in [0.05, 0.1) is 11.9 Å². The van der Waals surface area contributed by atoms with E-state index in [0.717, 1.165) is 14.5 Å². The van der Waals surface area contributed by atoms with Crippen LogP contribution >= 0.6 is 39.0 Å². The summed E-state index contributed by atoms with van der Waals surface area (Å²) in [6, 6.07) is 7.43. The molecule has 0 saturated carbocycles. The quantitative estimate of drug-likeness (QED) is 0.763. The van der Waals surface area contributed by atoms with Gasteiger partial charge in [0.25, 0.3) is 5.19 Å². The molecule has 0 radical (unpaired) electrons. The van der Waals surface area contributed by atoms with Gasteiger partial charge in [-0.2, -0.15) is 0 Å². The summed E-state index contributed by atoms with van der Waals surface area (Å²) < 4.78 is 7.13. The highest BCUT2D eigenvalue weighted by Crippen LogP contribution is 2.27. The van der Waals surface area contributed by atoms with E-state index in [1.54, 1.807) is 0 Å². The minimum atomic E-state index is -0.0798. The van der Waals surface area contributed by atoms with E-state index in [4.69, 9.17) is 4.74 Å². The van der Waals surface area contributed by atoms with Crippen LogP contribution in [0.3, 0.4) is 0 Å². The summed E-state index contributed by atoms with van der Waals surface area (Å²) in [5, 5.41) is 11.2. The molecule has 21 heavy (non-hydrogen) atoms. The number of anilines is 1. The van der Waals surface area contributed by atoms with Gasteiger partial charge in [0.15, 0.2) is 4.34 Å². The van der Waals surface area contributed by atoms with Crippen molar-refractivity contribution < 1.29 is 9.53 Å². The van der Waals surface area contributed by atoms with Crippen molar-refractivity contribution in [3.05, 3.63) is 28.7 Å². The molecule has 112 valence electrons. The lowest BCUT2D eigenvalue weighted by atomic mass is 10.3. The Morgan fingerprint density at radius 3 is 2.76 bits per heavy atom. The van der Waals surface area contributed by atoms with Crippen LogP contribution in [-0.2, 0) is 4.79 Å². The number of aromatic nitrogens is 2. The number of rotatable bonds is 6. The zero-order chi connectivity index (χ0) is 15.2. The summed E-state index contributed by atoms with van der Waals surface area (Å²) in [4.78, 5) is 11.8. The molecule has 5 nitrogen and oxygen atoms in total. The largest absolute Gasteiger partial charge is 0.466 e. The van der Waals surface area contributed by atoms with Crippen molar-refractivity contribution in [3.63, 3.8) is 0 Å². The fourth-order valence-corrected chi connectivity index (χ4v) is 3.23. The van der Waals surface area contributed by atoms with Crippen molar-refractivity contribution in [3.8, 4) is 5.19 Å². The molecule has 0 aliphatic rings. The van der Waals surface area contributed by atoms with E-state index in [2.05, 4.69) is 31.4 Å². The fourth-order valence-electron chi connectivity index (χ4n) is 1.36. The molecule has 0 fully saturated rings. The molecule has 0 atom stereocenters. The highest BCUT2D eigenvalue weighted by Gasteiger charge is 2.10. The van der Waals surface area contributed by atoms with Gasteiger partial charge in [-0.3, -0.25) is 4.79 Å². The van der Waals surface area contributed by atoms with Crippen LogP contribution in [-0.4, -0.2) is 28.0 Å². The molecule has 2 aromatic rings. The predicted octanol–water partition coefficient (Wildman–Crippen LogP) is 3.82. The maximum Gasteiger partial charge on any atom is 0.295 e. The second kappa shape index (κ2) is 7.77. The van der Waals surface area contributed by atoms with E-state index >= 15 is 0 Å². The molecule has 0 aliphatic carbocycles. The molecule has 0 aliphatic heterocycles. The standard InChI is InChI=1S/C13H14BrN3O2S2/c1-8(2)19-12-16-17-13(21-12)20-7-11(18)15-10-5-3-9(14)4-6-10/h3-6,8H,7H2,1-2H3,(H,15,18). The first-order chi connectivity index (χ1) is 10.0. The van der Waals surface area contributed by atoms with Crippen molar-refractivity contribution in [1.29, 1.82) is 0 Å². The number of carbonyl (C=O) groups excluding carboxylic acids is 1. The number of benzene rings is 1. The van der Waals surface area contributed by atoms with E-state index in [0.29, 0.717) is 5.19 Å². The first-order valence-corrected chi connectivity index (χ1v) is 8.81. The van der Waals surface area contributed by atoms with Gasteiger partial charge in [-0.1, -0.05) is 32.8 Å². The Morgan fingerprint density at radius 2 is 2.10 bits per heavy atom. The summed E-state index contributed by atoms with van der Waals surface area (Å²) in [6.07, 6.45) is 0.0662. The minimum absolute atomic E-state index is 0.0662. The van der Waals surface area contributed by atoms with Crippen molar-refractivity contribution in [2.75, 3.05) is 11.1 Å². The van der Waals surface area contributed by atoms with Crippen molar-refractivity contribution in [2.24, 2.45) is 0 Å². The van der Waals surface area contributed by atoms with Crippen LogP contribution in [0.25, 0.3) is 0 Å². The van der Waals surface area contributed by atoms with Crippen LogP contribution < -0.4 is 10.1 Å². The minimum Gasteiger partial charge on any atom is -0.466 e. The molecule has 0 bridgehead atoms. The SMILES string of the molecule is CC(C)Oc1nnc(SCC(=O)Nc2ccc(Br)cc2)s1. The van der Waals surface area contributed by atoms with Gasteiger partial charge in [0.2, 0.25) is 5.91 Å². The van der Waals surface area contributed by atoms with E-state index in [9.17, 15) is 4.79 Å². The third-order valence-electron chi connectivity index (χ3n) is 2.18. The van der Waals surface area contributed by atoms with Crippen molar-refractivity contribution >= 4 is 50.6 Å². The van der Waals surface area contributed by atoms with Crippen molar-refractivity contribution in [1.82, 2.24) is 10.2 Å². The lowest BCUT2D eigenvalue weighted by Crippen LogP contribution is -2.13. The average molecular weight is 388 g/mol. The molecule has 2 rings (SSSR count). The summed E-state index contributed by atoms with van der Waals surface area (Å²) in [6.45, 7) is 3.86. The zero-order valence-corrected chi connectivity index (χ0v) is 14.7. The van der Waals surface area contributed by atoms with Crippen LogP contribution in [0.1, 0.15) is 13.8 Å². The topological polar surface area (TPSA) is 64.1 Å². The van der Waals surface area contributed by atoms with Crippen LogP contribution in [0, 0.1) is 0 Å². The molecule has 8 heteroatoms. The smallest absolute Gasteiger partial charge is 0.295 e. The van der Waals surface area contributed by atoms with E-state index < -0.39 is 0 Å². The van der Waals surface area contributed by atoms with Gasteiger partial charge in [0.1, 0.15) is 0 Å². The molecule has 0 unspecified atom stereocenters. The maximum absolute atomic E-state index is 11.8. The number of nitrogens with one attached hydrogen (secondary N) is 1. The first-order valence-electron chi connectivity index (χ1n) is 6.21. The van der Waals surface area contributed by atoms with E-state index in [-0.39, 0.29) is 17.8 Å². The van der Waals surface area contributed by atoms with Crippen LogP contribution in [0.2, 0.25) is 0 Å². The second-order valence-corrected chi connectivity index (χ2v) is 7.42. The third kappa shape index (κ3) is 5.64. The summed E-state index contributed by atoms with van der Waals surface area (Å²) >= 11 is 6.04. The molecule has 1 heterocycles. The predicted molar refractivity (Wildman–Crippen MR) is 89.2 cm³/mol. The number of hydrogen-bond acceptors (Lipinski definition) is 6. The number of amides is 1. The number of thioether (sulfide) groups is 1. The Morgan fingerprint density at radius 1 is 1.38 bits per heavy atom. The van der Waals surface area contributed by atoms with Gasteiger partial charge >= 0.3 is 0 Å². The normalized spacial score (nSPS) is 10.7. The zero-order valence-electron chi connectivity index (χ0n) is 11.5. The molecule has 1 amide bonds. The third-order valence-corrected chi connectivity index (χ3v) is 4.66. The molecular weight excluding hydrogens is 374 g/mol. The van der Waals surface area contributed by atoms with Gasteiger partial charge < -0.3 is 10.1 Å². The van der Waals surface area contributed by atoms with Gasteiger partial charge in [-0.25, -0.2) is 0 Å². The summed E-state index contributed by atoms with van der Waals surface area (Å²) in [5.41, 5.74) is 0.768. The average Bonchev–Trinajstić information content (AvgIpc) is 2.86. The molecule has 0 saturated heterocycles. The number of nitrogens with zero attached hydrogens (tertiary/aromatic N) is 2. The maximum atomic E-state index is 11.8. The molecule has 1 aromatic carbocycles. The number of hydrogen-bond donors (Lipinski definition) is 1. The number of carbonyl (C=O) groups is 1. The highest BCUT2D eigenvalue weighted by atomic mass is 79.9. The van der Waals surface area contributed by atoms with Crippen LogP contribution in [0.15, 0.2) is 33.1 Å². The number of halogens is 1. The van der Waals surface area contributed by atoms with E-state index in [1.807, 2.05) is 38.1 Å². The monoisotopic (exact) mass is 387 g/mol. The summed E-state index contributed by atoms with van der Waals surface area (Å²) in [7, 11) is 0. The second-order valence-electron chi connectivity index (χ2n) is 4.34. The Labute approximate surface area is 139 Å². The molecule has 1 aromatic heterocycles. The Hall–Kier alpha value is -1.12. The molecular formula is C13H14BrN3O2S2. The molecule has 1 N–H and O–H groups in total. The van der Waals surface area contributed by atoms with Gasteiger partial charge in [-0.15, -0.1) is 5.10 Å². The lowest BCUT2D eigenvalue weighted by Gasteiger charge is -2.04.